The number of hydrogen-bond donors (Lipinski definition) is 1. The zero-order chi connectivity index (χ0) is 9.97. The van der Waals surface area contributed by atoms with Crippen molar-refractivity contribution in [3.8, 4) is 15.5 Å². The van der Waals surface area contributed by atoms with Crippen LogP contribution in [0.2, 0.25) is 0 Å². The van der Waals surface area contributed by atoms with E-state index in [0.717, 1.165) is 21.2 Å². The van der Waals surface area contributed by atoms with Crippen molar-refractivity contribution in [3.63, 3.8) is 0 Å². The summed E-state index contributed by atoms with van der Waals surface area (Å²) < 4.78 is 5.11. The van der Waals surface area contributed by atoms with Gasteiger partial charge in [-0.15, -0.1) is 0 Å². The molecule has 0 aliphatic carbocycles. The molecular formula is C10H10N2OS. The summed E-state index contributed by atoms with van der Waals surface area (Å²) in [6.45, 7) is 0. The summed E-state index contributed by atoms with van der Waals surface area (Å²) in [6, 6.07) is 5.70. The fourth-order valence-corrected chi connectivity index (χ4v) is 2.04. The molecule has 0 amide bonds. The van der Waals surface area contributed by atoms with Crippen LogP contribution in [0, 0.1) is 0 Å². The van der Waals surface area contributed by atoms with E-state index in [-0.39, 0.29) is 0 Å². The largest absolute Gasteiger partial charge is 0.487 e. The normalized spacial score (nSPS) is 10.1. The quantitative estimate of drug-likeness (QED) is 0.820. The van der Waals surface area contributed by atoms with Gasteiger partial charge in [-0.05, 0) is 18.2 Å². The molecule has 0 atom stereocenters. The van der Waals surface area contributed by atoms with Crippen LogP contribution in [0.15, 0.2) is 30.6 Å². The number of anilines is 1. The van der Waals surface area contributed by atoms with Crippen LogP contribution in [0.5, 0.6) is 5.06 Å². The van der Waals surface area contributed by atoms with Gasteiger partial charge in [-0.2, -0.15) is 0 Å². The molecular weight excluding hydrogens is 196 g/mol. The lowest BCUT2D eigenvalue weighted by atomic mass is 10.2. The van der Waals surface area contributed by atoms with E-state index < -0.39 is 0 Å². The molecule has 0 saturated heterocycles. The Morgan fingerprint density at radius 1 is 1.36 bits per heavy atom. The first-order valence-corrected chi connectivity index (χ1v) is 4.96. The summed E-state index contributed by atoms with van der Waals surface area (Å²) in [7, 11) is 1.65. The average molecular weight is 206 g/mol. The van der Waals surface area contributed by atoms with Crippen LogP contribution in [-0.4, -0.2) is 12.1 Å². The number of nitrogens with zero attached hydrogens (tertiary/aromatic N) is 1. The second-order valence-electron chi connectivity index (χ2n) is 2.79. The first-order chi connectivity index (χ1) is 6.81. The van der Waals surface area contributed by atoms with Gasteiger partial charge in [0.25, 0.3) is 0 Å². The minimum atomic E-state index is 0.740. The van der Waals surface area contributed by atoms with Gasteiger partial charge in [-0.3, -0.25) is 4.98 Å². The van der Waals surface area contributed by atoms with Crippen LogP contribution < -0.4 is 10.5 Å². The molecule has 0 saturated carbocycles. The number of nitrogen functional groups attached to an aromatic ring is 1. The van der Waals surface area contributed by atoms with Crippen molar-refractivity contribution in [3.05, 3.63) is 30.6 Å². The van der Waals surface area contributed by atoms with Gasteiger partial charge in [-0.1, -0.05) is 11.3 Å². The molecule has 2 rings (SSSR count). The minimum absolute atomic E-state index is 0.740. The standard InChI is InChI=1S/C10H10N2OS/c1-13-10-3-2-9(14-10)7-6-12-5-4-8(7)11/h2-6H,1H3,(H2,11,12). The summed E-state index contributed by atoms with van der Waals surface area (Å²) >= 11 is 1.56. The number of thiophene rings is 1. The van der Waals surface area contributed by atoms with E-state index in [0.29, 0.717) is 0 Å². The van der Waals surface area contributed by atoms with Crippen molar-refractivity contribution >= 4 is 17.0 Å². The van der Waals surface area contributed by atoms with Crippen molar-refractivity contribution < 1.29 is 4.74 Å². The number of hydrogen-bond acceptors (Lipinski definition) is 4. The van der Waals surface area contributed by atoms with Crippen molar-refractivity contribution in [1.82, 2.24) is 4.98 Å². The predicted octanol–water partition coefficient (Wildman–Crippen LogP) is 2.40. The molecule has 0 aliphatic heterocycles. The molecule has 2 aromatic rings. The molecule has 0 aromatic carbocycles. The van der Waals surface area contributed by atoms with Crippen LogP contribution in [0.25, 0.3) is 10.4 Å². The first-order valence-electron chi connectivity index (χ1n) is 4.15. The van der Waals surface area contributed by atoms with Crippen LogP contribution >= 0.6 is 11.3 Å². The summed E-state index contributed by atoms with van der Waals surface area (Å²) in [6.07, 6.45) is 3.45. The zero-order valence-corrected chi connectivity index (χ0v) is 8.54. The number of nitrogens with two attached hydrogens (primary N) is 1. The highest BCUT2D eigenvalue weighted by molar-refractivity contribution is 7.17. The summed E-state index contributed by atoms with van der Waals surface area (Å²) in [4.78, 5) is 5.12. The Balaban J connectivity index is 2.44. The molecule has 3 nitrogen and oxygen atoms in total. The Hall–Kier alpha value is -1.55. The Morgan fingerprint density at radius 2 is 2.21 bits per heavy atom. The maximum absolute atomic E-state index is 5.83. The summed E-state index contributed by atoms with van der Waals surface area (Å²) in [5, 5.41) is 0.878. The Morgan fingerprint density at radius 3 is 2.86 bits per heavy atom. The number of pyridine rings is 1. The van der Waals surface area contributed by atoms with Crippen molar-refractivity contribution in [2.24, 2.45) is 0 Å². The SMILES string of the molecule is COc1ccc(-c2cnccc2N)s1. The van der Waals surface area contributed by atoms with E-state index in [9.17, 15) is 0 Å². The molecule has 0 spiro atoms. The van der Waals surface area contributed by atoms with Crippen molar-refractivity contribution in [2.45, 2.75) is 0 Å². The zero-order valence-electron chi connectivity index (χ0n) is 7.73. The van der Waals surface area contributed by atoms with Crippen molar-refractivity contribution in [1.29, 1.82) is 0 Å². The number of methoxy groups -OCH3 is 1. The monoisotopic (exact) mass is 206 g/mol. The smallest absolute Gasteiger partial charge is 0.173 e. The van der Waals surface area contributed by atoms with E-state index in [4.69, 9.17) is 10.5 Å². The second kappa shape index (κ2) is 3.67. The topological polar surface area (TPSA) is 48.1 Å². The molecule has 72 valence electrons. The number of aromatic nitrogens is 1. The van der Waals surface area contributed by atoms with E-state index in [1.165, 1.54) is 0 Å². The molecule has 4 heteroatoms. The third-order valence-corrected chi connectivity index (χ3v) is 2.98. The van der Waals surface area contributed by atoms with E-state index in [1.807, 2.05) is 12.1 Å². The second-order valence-corrected chi connectivity index (χ2v) is 3.83. The van der Waals surface area contributed by atoms with Crippen LogP contribution in [0.1, 0.15) is 0 Å². The van der Waals surface area contributed by atoms with E-state index in [1.54, 1.807) is 36.9 Å². The highest BCUT2D eigenvalue weighted by Crippen LogP contribution is 2.34. The molecule has 0 unspecified atom stereocenters. The molecule has 0 bridgehead atoms. The van der Waals surface area contributed by atoms with E-state index >= 15 is 0 Å². The Labute approximate surface area is 86.2 Å². The predicted molar refractivity (Wildman–Crippen MR) is 58.5 cm³/mol. The van der Waals surface area contributed by atoms with Gasteiger partial charge in [0.1, 0.15) is 0 Å². The van der Waals surface area contributed by atoms with Gasteiger partial charge in [0.05, 0.1) is 7.11 Å². The molecule has 14 heavy (non-hydrogen) atoms. The lowest BCUT2D eigenvalue weighted by Gasteiger charge is -2.00. The molecule has 0 aliphatic rings. The highest BCUT2D eigenvalue weighted by atomic mass is 32.1. The summed E-state index contributed by atoms with van der Waals surface area (Å²) in [5.41, 5.74) is 7.53. The van der Waals surface area contributed by atoms with Gasteiger partial charge in [-0.25, -0.2) is 0 Å². The molecule has 2 heterocycles. The molecule has 2 N–H and O–H groups in total. The van der Waals surface area contributed by atoms with Crippen molar-refractivity contribution in [2.75, 3.05) is 12.8 Å². The molecule has 2 aromatic heterocycles. The maximum atomic E-state index is 5.83. The highest BCUT2D eigenvalue weighted by Gasteiger charge is 2.05. The third kappa shape index (κ3) is 1.56. The lowest BCUT2D eigenvalue weighted by molar-refractivity contribution is 0.427. The number of rotatable bonds is 2. The number of ether oxygens (including phenoxy) is 1. The average Bonchev–Trinajstić information content (AvgIpc) is 2.67. The first kappa shape index (κ1) is 9.02. The maximum Gasteiger partial charge on any atom is 0.173 e. The Bertz CT molecular complexity index is 439. The van der Waals surface area contributed by atoms with Gasteiger partial charge in [0.15, 0.2) is 5.06 Å². The van der Waals surface area contributed by atoms with Crippen LogP contribution in [-0.2, 0) is 0 Å². The summed E-state index contributed by atoms with van der Waals surface area (Å²) in [5.74, 6) is 0. The van der Waals surface area contributed by atoms with Gasteiger partial charge in [0, 0.05) is 28.5 Å². The minimum Gasteiger partial charge on any atom is -0.487 e. The van der Waals surface area contributed by atoms with Crippen LogP contribution in [0.3, 0.4) is 0 Å². The van der Waals surface area contributed by atoms with Gasteiger partial charge in [0.2, 0.25) is 0 Å². The molecule has 0 radical (unpaired) electrons. The fourth-order valence-electron chi connectivity index (χ4n) is 1.19. The van der Waals surface area contributed by atoms with Gasteiger partial charge >= 0.3 is 0 Å². The third-order valence-electron chi connectivity index (χ3n) is 1.90. The van der Waals surface area contributed by atoms with Gasteiger partial charge < -0.3 is 10.5 Å². The fraction of sp³-hybridized carbons (Fsp3) is 0.100. The molecule has 0 fully saturated rings. The van der Waals surface area contributed by atoms with E-state index in [2.05, 4.69) is 4.98 Å². The lowest BCUT2D eigenvalue weighted by Crippen LogP contribution is -1.88. The van der Waals surface area contributed by atoms with Crippen LogP contribution in [0.4, 0.5) is 5.69 Å². The Kier molecular flexibility index (Phi) is 2.37.